The van der Waals surface area contributed by atoms with Crippen molar-refractivity contribution in [2.24, 2.45) is 5.92 Å². The first-order valence-electron chi connectivity index (χ1n) is 9.16. The SMILES string of the molecule is O=C1c2ccc(C#CC3CCNCC3)cc2CN1N1C(=O)CCCC1=O. The Hall–Kier alpha value is -2.65. The molecule has 3 heterocycles. The maximum absolute atomic E-state index is 12.6. The second kappa shape index (κ2) is 6.93. The number of nitrogens with zero attached hydrogens (tertiary/aromatic N) is 2. The lowest BCUT2D eigenvalue weighted by atomic mass is 9.98. The summed E-state index contributed by atoms with van der Waals surface area (Å²) in [6.45, 7) is 2.25. The summed E-state index contributed by atoms with van der Waals surface area (Å²) in [6.07, 6.45) is 3.28. The molecule has 0 unspecified atom stereocenters. The van der Waals surface area contributed by atoms with Crippen LogP contribution in [0.25, 0.3) is 0 Å². The van der Waals surface area contributed by atoms with Crippen LogP contribution in [0, 0.1) is 17.8 Å². The minimum Gasteiger partial charge on any atom is -0.317 e. The van der Waals surface area contributed by atoms with Crippen LogP contribution in [-0.4, -0.2) is 40.8 Å². The number of fused-ring (bicyclic) bond motifs is 1. The van der Waals surface area contributed by atoms with Crippen LogP contribution in [0.3, 0.4) is 0 Å². The zero-order chi connectivity index (χ0) is 18.1. The Morgan fingerprint density at radius 3 is 2.50 bits per heavy atom. The van der Waals surface area contributed by atoms with Crippen molar-refractivity contribution in [3.63, 3.8) is 0 Å². The van der Waals surface area contributed by atoms with Gasteiger partial charge >= 0.3 is 0 Å². The van der Waals surface area contributed by atoms with Crippen molar-refractivity contribution in [3.05, 3.63) is 34.9 Å². The van der Waals surface area contributed by atoms with Crippen LogP contribution in [0.4, 0.5) is 0 Å². The molecule has 0 aromatic heterocycles. The van der Waals surface area contributed by atoms with Crippen LogP contribution >= 0.6 is 0 Å². The Morgan fingerprint density at radius 2 is 1.77 bits per heavy atom. The van der Waals surface area contributed by atoms with E-state index in [0.29, 0.717) is 30.7 Å². The van der Waals surface area contributed by atoms with Crippen LogP contribution in [0.15, 0.2) is 18.2 Å². The molecule has 0 bridgehead atoms. The fourth-order valence-electron chi connectivity index (χ4n) is 3.71. The molecule has 134 valence electrons. The third-order valence-corrected chi connectivity index (χ3v) is 5.15. The Kier molecular flexibility index (Phi) is 4.48. The molecule has 0 radical (unpaired) electrons. The predicted octanol–water partition coefficient (Wildman–Crippen LogP) is 1.45. The molecule has 26 heavy (non-hydrogen) atoms. The van der Waals surface area contributed by atoms with Crippen molar-refractivity contribution in [2.75, 3.05) is 13.1 Å². The van der Waals surface area contributed by atoms with Gasteiger partial charge in [-0.2, -0.15) is 5.01 Å². The lowest BCUT2D eigenvalue weighted by molar-refractivity contribution is -0.163. The van der Waals surface area contributed by atoms with Gasteiger partial charge in [0.2, 0.25) is 11.8 Å². The molecule has 1 aromatic rings. The Morgan fingerprint density at radius 1 is 1.04 bits per heavy atom. The molecule has 2 fully saturated rings. The first-order valence-corrected chi connectivity index (χ1v) is 9.16. The van der Waals surface area contributed by atoms with E-state index in [1.807, 2.05) is 12.1 Å². The van der Waals surface area contributed by atoms with Gasteiger partial charge in [0.05, 0.1) is 6.54 Å². The third-order valence-electron chi connectivity index (χ3n) is 5.15. The summed E-state index contributed by atoms with van der Waals surface area (Å²) >= 11 is 0. The highest BCUT2D eigenvalue weighted by Gasteiger charge is 2.39. The second-order valence-corrected chi connectivity index (χ2v) is 6.98. The fraction of sp³-hybridized carbons (Fsp3) is 0.450. The van der Waals surface area contributed by atoms with Crippen LogP contribution < -0.4 is 5.32 Å². The first-order chi connectivity index (χ1) is 12.6. The van der Waals surface area contributed by atoms with E-state index in [-0.39, 0.29) is 24.3 Å². The molecule has 3 amide bonds. The molecule has 6 nitrogen and oxygen atoms in total. The second-order valence-electron chi connectivity index (χ2n) is 6.98. The highest BCUT2D eigenvalue weighted by molar-refractivity contribution is 6.04. The number of benzene rings is 1. The predicted molar refractivity (Wildman–Crippen MR) is 94.5 cm³/mol. The van der Waals surface area contributed by atoms with Gasteiger partial charge < -0.3 is 5.32 Å². The van der Waals surface area contributed by atoms with E-state index in [1.165, 1.54) is 5.01 Å². The molecule has 3 aliphatic heterocycles. The summed E-state index contributed by atoms with van der Waals surface area (Å²) in [4.78, 5) is 36.9. The Balaban J connectivity index is 1.54. The molecule has 0 spiro atoms. The van der Waals surface area contributed by atoms with E-state index in [4.69, 9.17) is 0 Å². The van der Waals surface area contributed by atoms with Crippen molar-refractivity contribution < 1.29 is 14.4 Å². The maximum atomic E-state index is 12.6. The van der Waals surface area contributed by atoms with Crippen molar-refractivity contribution in [1.29, 1.82) is 0 Å². The van der Waals surface area contributed by atoms with E-state index in [1.54, 1.807) is 6.07 Å². The van der Waals surface area contributed by atoms with Crippen molar-refractivity contribution in [2.45, 2.75) is 38.6 Å². The van der Waals surface area contributed by atoms with Crippen LogP contribution in [0.5, 0.6) is 0 Å². The average molecular weight is 351 g/mol. The number of imide groups is 1. The van der Waals surface area contributed by atoms with Gasteiger partial charge in [-0.25, -0.2) is 5.01 Å². The summed E-state index contributed by atoms with van der Waals surface area (Å²) in [5, 5.41) is 5.63. The first kappa shape index (κ1) is 16.8. The normalized spacial score (nSPS) is 20.8. The van der Waals surface area contributed by atoms with Gasteiger partial charge in [0.25, 0.3) is 5.91 Å². The molecule has 1 N–H and O–H groups in total. The minimum absolute atomic E-state index is 0.245. The molecule has 4 rings (SSSR count). The minimum atomic E-state index is -0.298. The highest BCUT2D eigenvalue weighted by Crippen LogP contribution is 2.28. The highest BCUT2D eigenvalue weighted by atomic mass is 16.2. The smallest absolute Gasteiger partial charge is 0.273 e. The maximum Gasteiger partial charge on any atom is 0.273 e. The lowest BCUT2D eigenvalue weighted by Gasteiger charge is -2.32. The summed E-state index contributed by atoms with van der Waals surface area (Å²) < 4.78 is 0. The number of nitrogens with one attached hydrogen (secondary N) is 1. The fourth-order valence-corrected chi connectivity index (χ4v) is 3.71. The number of hydrogen-bond donors (Lipinski definition) is 1. The van der Waals surface area contributed by atoms with E-state index >= 15 is 0 Å². The third kappa shape index (κ3) is 3.11. The molecule has 1 aromatic carbocycles. The molecule has 2 saturated heterocycles. The van der Waals surface area contributed by atoms with Gasteiger partial charge in [0.1, 0.15) is 0 Å². The number of hydrogen-bond acceptors (Lipinski definition) is 4. The molecule has 3 aliphatic rings. The van der Waals surface area contributed by atoms with E-state index in [0.717, 1.165) is 42.1 Å². The summed E-state index contributed by atoms with van der Waals surface area (Å²) in [5.74, 6) is 6.06. The monoisotopic (exact) mass is 351 g/mol. The van der Waals surface area contributed by atoms with Gasteiger partial charge in [0, 0.05) is 29.9 Å². The van der Waals surface area contributed by atoms with E-state index in [9.17, 15) is 14.4 Å². The molecule has 0 atom stereocenters. The van der Waals surface area contributed by atoms with Crippen molar-refractivity contribution >= 4 is 17.7 Å². The number of amides is 3. The number of piperidine rings is 2. The number of carbonyl (C=O) groups is 3. The zero-order valence-electron chi connectivity index (χ0n) is 14.6. The van der Waals surface area contributed by atoms with E-state index in [2.05, 4.69) is 17.2 Å². The Bertz CT molecular complexity index is 814. The molecule has 0 aliphatic carbocycles. The van der Waals surface area contributed by atoms with Crippen LogP contribution in [-0.2, 0) is 16.1 Å². The van der Waals surface area contributed by atoms with Crippen LogP contribution in [0.2, 0.25) is 0 Å². The average Bonchev–Trinajstić information content (AvgIpc) is 2.97. The standard InChI is InChI=1S/C20H21N3O3/c24-18-2-1-3-19(25)23(18)22-13-16-12-15(6-7-17(16)20(22)26)5-4-14-8-10-21-11-9-14/h6-7,12,14,21H,1-3,8-11,13H2. The lowest BCUT2D eigenvalue weighted by Crippen LogP contribution is -2.51. The Labute approximate surface area is 152 Å². The van der Waals surface area contributed by atoms with Gasteiger partial charge in [-0.3, -0.25) is 14.4 Å². The number of carbonyl (C=O) groups excluding carboxylic acids is 3. The van der Waals surface area contributed by atoms with E-state index < -0.39 is 0 Å². The van der Waals surface area contributed by atoms with Crippen LogP contribution in [0.1, 0.15) is 53.6 Å². The number of hydrazine groups is 1. The quantitative estimate of drug-likeness (QED) is 0.614. The summed E-state index contributed by atoms with van der Waals surface area (Å²) in [5.41, 5.74) is 2.23. The summed E-state index contributed by atoms with van der Waals surface area (Å²) in [6, 6.07) is 5.50. The molecule has 0 saturated carbocycles. The number of rotatable bonds is 1. The molecular formula is C20H21N3O3. The van der Waals surface area contributed by atoms with Gasteiger partial charge in [0.15, 0.2) is 0 Å². The van der Waals surface area contributed by atoms with Crippen molar-refractivity contribution in [1.82, 2.24) is 15.3 Å². The molecular weight excluding hydrogens is 330 g/mol. The summed E-state index contributed by atoms with van der Waals surface area (Å²) in [7, 11) is 0. The van der Waals surface area contributed by atoms with Gasteiger partial charge in [-0.1, -0.05) is 11.8 Å². The molecule has 6 heteroatoms. The topological polar surface area (TPSA) is 69.7 Å². The zero-order valence-corrected chi connectivity index (χ0v) is 14.6. The van der Waals surface area contributed by atoms with Gasteiger partial charge in [-0.05, 0) is 56.1 Å². The van der Waals surface area contributed by atoms with Gasteiger partial charge in [-0.15, -0.1) is 0 Å². The largest absolute Gasteiger partial charge is 0.317 e. The van der Waals surface area contributed by atoms with Crippen molar-refractivity contribution in [3.8, 4) is 11.8 Å².